The fourth-order valence-corrected chi connectivity index (χ4v) is 2.23. The molecule has 0 N–H and O–H groups in total. The molecule has 90 valence electrons. The van der Waals surface area contributed by atoms with Crippen LogP contribution in [-0.2, 0) is 0 Å². The predicted octanol–water partition coefficient (Wildman–Crippen LogP) is 3.57. The van der Waals surface area contributed by atoms with Crippen LogP contribution in [0.4, 0.5) is 0 Å². The van der Waals surface area contributed by atoms with Crippen LogP contribution in [-0.4, -0.2) is 18.9 Å². The molecule has 0 aliphatic carbocycles. The van der Waals surface area contributed by atoms with Gasteiger partial charge in [0, 0.05) is 16.1 Å². The van der Waals surface area contributed by atoms with Crippen molar-refractivity contribution >= 4 is 17.3 Å². The van der Waals surface area contributed by atoms with Gasteiger partial charge in [0.15, 0.2) is 0 Å². The number of halogens is 1. The smallest absolute Gasteiger partial charge is 0.128 e. The lowest BCUT2D eigenvalue weighted by atomic mass is 10.0. The van der Waals surface area contributed by atoms with Crippen LogP contribution in [0.25, 0.3) is 0 Å². The minimum Gasteiger partial charge on any atom is -0.491 e. The Bertz CT molecular complexity index is 593. The molecule has 2 aromatic carbocycles. The molecule has 0 unspecified atom stereocenters. The molecule has 0 saturated heterocycles. The van der Waals surface area contributed by atoms with Gasteiger partial charge in [-0.1, -0.05) is 41.9 Å². The summed E-state index contributed by atoms with van der Waals surface area (Å²) in [4.78, 5) is 4.61. The van der Waals surface area contributed by atoms with Crippen molar-refractivity contribution in [3.05, 3.63) is 64.7 Å². The molecule has 3 heteroatoms. The molecule has 18 heavy (non-hydrogen) atoms. The monoisotopic (exact) mass is 257 g/mol. The third-order valence-electron chi connectivity index (χ3n) is 2.86. The number of hydrogen-bond acceptors (Lipinski definition) is 2. The maximum Gasteiger partial charge on any atom is 0.128 e. The van der Waals surface area contributed by atoms with Crippen LogP contribution in [0.1, 0.15) is 11.1 Å². The summed E-state index contributed by atoms with van der Waals surface area (Å²) in [5.41, 5.74) is 3.00. The Kier molecular flexibility index (Phi) is 3.03. The van der Waals surface area contributed by atoms with E-state index in [-0.39, 0.29) is 0 Å². The summed E-state index contributed by atoms with van der Waals surface area (Å²) in [6.07, 6.45) is 0. The molecule has 1 aliphatic heterocycles. The molecule has 0 fully saturated rings. The summed E-state index contributed by atoms with van der Waals surface area (Å²) in [6.45, 7) is 1.27. The summed E-state index contributed by atoms with van der Waals surface area (Å²) in [5, 5.41) is 0.697. The highest BCUT2D eigenvalue weighted by atomic mass is 35.5. The molecular formula is C15H12ClNO. The van der Waals surface area contributed by atoms with E-state index in [0.29, 0.717) is 18.2 Å². The number of ether oxygens (including phenoxy) is 1. The van der Waals surface area contributed by atoms with Gasteiger partial charge in [0.1, 0.15) is 12.4 Å². The Morgan fingerprint density at radius 2 is 1.89 bits per heavy atom. The van der Waals surface area contributed by atoms with Gasteiger partial charge in [0.05, 0.1) is 12.3 Å². The lowest BCUT2D eigenvalue weighted by molar-refractivity contribution is 0.331. The summed E-state index contributed by atoms with van der Waals surface area (Å²) in [6, 6.07) is 15.8. The lowest BCUT2D eigenvalue weighted by Gasteiger charge is -2.10. The summed E-state index contributed by atoms with van der Waals surface area (Å²) >= 11 is 6.07. The molecule has 0 amide bonds. The summed E-state index contributed by atoms with van der Waals surface area (Å²) in [5.74, 6) is 0.847. The zero-order chi connectivity index (χ0) is 12.4. The summed E-state index contributed by atoms with van der Waals surface area (Å²) < 4.78 is 5.68. The highest BCUT2D eigenvalue weighted by molar-refractivity contribution is 6.31. The molecular weight excluding hydrogens is 246 g/mol. The molecule has 0 bridgehead atoms. The Morgan fingerprint density at radius 1 is 1.06 bits per heavy atom. The van der Waals surface area contributed by atoms with E-state index in [9.17, 15) is 0 Å². The average molecular weight is 258 g/mol. The lowest BCUT2D eigenvalue weighted by Crippen LogP contribution is -2.03. The van der Waals surface area contributed by atoms with Crippen LogP contribution in [0.15, 0.2) is 53.5 Å². The predicted molar refractivity (Wildman–Crippen MR) is 73.9 cm³/mol. The van der Waals surface area contributed by atoms with E-state index >= 15 is 0 Å². The third kappa shape index (κ3) is 2.12. The fraction of sp³-hybridized carbons (Fsp3) is 0.133. The van der Waals surface area contributed by atoms with Crippen molar-refractivity contribution in [2.45, 2.75) is 0 Å². The molecule has 1 aliphatic rings. The first-order valence-electron chi connectivity index (χ1n) is 5.87. The second-order valence-electron chi connectivity index (χ2n) is 4.09. The maximum atomic E-state index is 6.07. The third-order valence-corrected chi connectivity index (χ3v) is 3.10. The number of fused-ring (bicyclic) bond motifs is 1. The Morgan fingerprint density at radius 3 is 2.72 bits per heavy atom. The number of hydrogen-bond donors (Lipinski definition) is 0. The minimum atomic E-state index is 0.602. The molecule has 0 atom stereocenters. The van der Waals surface area contributed by atoms with Gasteiger partial charge in [0.2, 0.25) is 0 Å². The number of nitrogens with zero attached hydrogens (tertiary/aromatic N) is 1. The van der Waals surface area contributed by atoms with Gasteiger partial charge < -0.3 is 4.74 Å². The van der Waals surface area contributed by atoms with Crippen molar-refractivity contribution < 1.29 is 4.74 Å². The van der Waals surface area contributed by atoms with Crippen LogP contribution < -0.4 is 4.74 Å². The van der Waals surface area contributed by atoms with Gasteiger partial charge >= 0.3 is 0 Å². The Hall–Kier alpha value is -1.80. The van der Waals surface area contributed by atoms with Crippen molar-refractivity contribution in [2.75, 3.05) is 13.2 Å². The van der Waals surface area contributed by atoms with E-state index in [1.54, 1.807) is 0 Å². The average Bonchev–Trinajstić information content (AvgIpc) is 2.61. The standard InChI is InChI=1S/C15H12ClNO/c16-12-6-7-14-13(10-12)15(17-8-9-18-14)11-4-2-1-3-5-11/h1-7,10H,8-9H2. The molecule has 0 saturated carbocycles. The largest absolute Gasteiger partial charge is 0.491 e. The zero-order valence-electron chi connectivity index (χ0n) is 9.77. The van der Waals surface area contributed by atoms with Crippen molar-refractivity contribution in [2.24, 2.45) is 4.99 Å². The van der Waals surface area contributed by atoms with Gasteiger partial charge in [-0.2, -0.15) is 0 Å². The van der Waals surface area contributed by atoms with E-state index in [4.69, 9.17) is 16.3 Å². The van der Waals surface area contributed by atoms with E-state index in [1.807, 2.05) is 36.4 Å². The molecule has 0 aromatic heterocycles. The fourth-order valence-electron chi connectivity index (χ4n) is 2.05. The van der Waals surface area contributed by atoms with Crippen molar-refractivity contribution in [1.29, 1.82) is 0 Å². The second-order valence-corrected chi connectivity index (χ2v) is 4.52. The molecule has 2 nitrogen and oxygen atoms in total. The molecule has 0 radical (unpaired) electrons. The van der Waals surface area contributed by atoms with Gasteiger partial charge in [-0.3, -0.25) is 4.99 Å². The zero-order valence-corrected chi connectivity index (χ0v) is 10.5. The van der Waals surface area contributed by atoms with Crippen molar-refractivity contribution in [1.82, 2.24) is 0 Å². The van der Waals surface area contributed by atoms with Crippen LogP contribution in [0.5, 0.6) is 5.75 Å². The van der Waals surface area contributed by atoms with Crippen molar-refractivity contribution in [3.8, 4) is 5.75 Å². The number of aliphatic imine (C=N–C) groups is 1. The first-order valence-corrected chi connectivity index (χ1v) is 6.25. The minimum absolute atomic E-state index is 0.602. The van der Waals surface area contributed by atoms with E-state index in [2.05, 4.69) is 17.1 Å². The SMILES string of the molecule is Clc1ccc2c(c1)C(c1ccccc1)=NCCO2. The van der Waals surface area contributed by atoms with E-state index in [1.165, 1.54) is 0 Å². The molecule has 0 spiro atoms. The topological polar surface area (TPSA) is 21.6 Å². The normalized spacial score (nSPS) is 14.2. The van der Waals surface area contributed by atoms with Crippen LogP contribution >= 0.6 is 11.6 Å². The quantitative estimate of drug-likeness (QED) is 0.765. The van der Waals surface area contributed by atoms with Crippen molar-refractivity contribution in [3.63, 3.8) is 0 Å². The van der Waals surface area contributed by atoms with Crippen LogP contribution in [0.2, 0.25) is 5.02 Å². The van der Waals surface area contributed by atoms with Crippen LogP contribution in [0, 0.1) is 0 Å². The van der Waals surface area contributed by atoms with Crippen LogP contribution in [0.3, 0.4) is 0 Å². The Labute approximate surface area is 111 Å². The Balaban J connectivity index is 2.16. The highest BCUT2D eigenvalue weighted by Crippen LogP contribution is 2.27. The molecule has 3 rings (SSSR count). The maximum absolute atomic E-state index is 6.07. The first-order chi connectivity index (χ1) is 8.84. The molecule has 1 heterocycles. The van der Waals surface area contributed by atoms with E-state index in [0.717, 1.165) is 22.6 Å². The van der Waals surface area contributed by atoms with Gasteiger partial charge in [-0.15, -0.1) is 0 Å². The number of rotatable bonds is 1. The van der Waals surface area contributed by atoms with Gasteiger partial charge in [-0.25, -0.2) is 0 Å². The molecule has 2 aromatic rings. The number of benzene rings is 2. The summed E-state index contributed by atoms with van der Waals surface area (Å²) in [7, 11) is 0. The highest BCUT2D eigenvalue weighted by Gasteiger charge is 2.15. The van der Waals surface area contributed by atoms with E-state index < -0.39 is 0 Å². The first kappa shape index (κ1) is 11.3. The van der Waals surface area contributed by atoms with Gasteiger partial charge in [-0.05, 0) is 18.2 Å². The van der Waals surface area contributed by atoms with Gasteiger partial charge in [0.25, 0.3) is 0 Å². The second kappa shape index (κ2) is 4.83.